The van der Waals surface area contributed by atoms with Gasteiger partial charge in [0.25, 0.3) is 0 Å². The maximum atomic E-state index is 12.3. The highest BCUT2D eigenvalue weighted by Crippen LogP contribution is 2.25. The zero-order chi connectivity index (χ0) is 18.6. The molecule has 7 heteroatoms. The summed E-state index contributed by atoms with van der Waals surface area (Å²) in [5.41, 5.74) is 1.15. The third-order valence-corrected chi connectivity index (χ3v) is 4.78. The first-order valence-electron chi connectivity index (χ1n) is 8.80. The van der Waals surface area contributed by atoms with E-state index in [9.17, 15) is 15.2 Å². The van der Waals surface area contributed by atoms with Gasteiger partial charge in [-0.3, -0.25) is 19.9 Å². The zero-order valence-corrected chi connectivity index (χ0v) is 15.5. The summed E-state index contributed by atoms with van der Waals surface area (Å²) >= 11 is 0. The number of aliphatic hydroxyl groups excluding tert-OH is 1. The van der Waals surface area contributed by atoms with Crippen LogP contribution in [0.4, 0.5) is 5.88 Å². The lowest BCUT2D eigenvalue weighted by atomic mass is 10.1. The van der Waals surface area contributed by atoms with Gasteiger partial charge in [0.1, 0.15) is 17.4 Å². The van der Waals surface area contributed by atoms with Crippen LogP contribution in [0, 0.1) is 25.2 Å². The highest BCUT2D eigenvalue weighted by molar-refractivity contribution is 5.92. The Kier molecular flexibility index (Phi) is 6.59. The van der Waals surface area contributed by atoms with Crippen molar-refractivity contribution in [2.45, 2.75) is 46.3 Å². The summed E-state index contributed by atoms with van der Waals surface area (Å²) in [4.78, 5) is 16.7. The van der Waals surface area contributed by atoms with E-state index < -0.39 is 0 Å². The van der Waals surface area contributed by atoms with Gasteiger partial charge in [0, 0.05) is 37.8 Å². The molecule has 1 aliphatic rings. The first kappa shape index (κ1) is 19.4. The number of nitrogens with one attached hydrogen (secondary N) is 1. The minimum Gasteiger partial charge on any atom is -0.444 e. The van der Waals surface area contributed by atoms with Crippen LogP contribution in [-0.4, -0.2) is 65.7 Å². The van der Waals surface area contributed by atoms with Crippen LogP contribution in [0.3, 0.4) is 0 Å². The van der Waals surface area contributed by atoms with E-state index in [2.05, 4.69) is 28.1 Å². The quantitative estimate of drug-likeness (QED) is 0.809. The first-order valence-corrected chi connectivity index (χ1v) is 8.80. The molecule has 0 bridgehead atoms. The molecule has 0 unspecified atom stereocenters. The molecule has 0 aliphatic carbocycles. The third kappa shape index (κ3) is 4.82. The number of piperazine rings is 1. The minimum absolute atomic E-state index is 0.177. The predicted molar refractivity (Wildman–Crippen MR) is 95.3 cm³/mol. The van der Waals surface area contributed by atoms with Crippen LogP contribution in [0.15, 0.2) is 4.42 Å². The monoisotopic (exact) mass is 348 g/mol. The predicted octanol–water partition coefficient (Wildman–Crippen LogP) is 1.48. The molecule has 0 aromatic carbocycles. The number of carbonyl (C=O) groups excluding carboxylic acids is 1. The summed E-state index contributed by atoms with van der Waals surface area (Å²) in [6, 6.07) is 2.41. The van der Waals surface area contributed by atoms with Crippen molar-refractivity contribution in [3.05, 3.63) is 16.9 Å². The molecule has 0 radical (unpaired) electrons. The van der Waals surface area contributed by atoms with Crippen molar-refractivity contribution in [1.82, 2.24) is 9.80 Å². The number of hydrogen-bond acceptors (Lipinski definition) is 6. The molecule has 2 heterocycles. The maximum Gasteiger partial charge on any atom is 0.240 e. The molecule has 25 heavy (non-hydrogen) atoms. The number of hydrogen-bond donors (Lipinski definition) is 2. The molecule has 1 aromatic heterocycles. The molecular formula is C18H28N4O3. The van der Waals surface area contributed by atoms with Gasteiger partial charge in [0.05, 0.1) is 12.6 Å². The van der Waals surface area contributed by atoms with Crippen LogP contribution in [0.2, 0.25) is 0 Å². The fraction of sp³-hybridized carbons (Fsp3) is 0.667. The lowest BCUT2D eigenvalue weighted by Crippen LogP contribution is -2.55. The van der Waals surface area contributed by atoms with Crippen LogP contribution in [-0.2, 0) is 4.79 Å². The second-order valence-electron chi connectivity index (χ2n) is 6.79. The summed E-state index contributed by atoms with van der Waals surface area (Å²) in [5, 5.41) is 21.6. The molecule has 1 amide bonds. The Morgan fingerprint density at radius 1 is 1.48 bits per heavy atom. The summed E-state index contributed by atoms with van der Waals surface area (Å²) in [5.74, 6) is 0.705. The highest BCUT2D eigenvalue weighted by Gasteiger charge is 2.27. The fourth-order valence-corrected chi connectivity index (χ4v) is 3.29. The van der Waals surface area contributed by atoms with Crippen molar-refractivity contribution in [1.29, 1.82) is 5.26 Å². The molecule has 0 saturated carbocycles. The number of carbonyl (C=O) groups is 1. The van der Waals surface area contributed by atoms with Gasteiger partial charge < -0.3 is 9.52 Å². The van der Waals surface area contributed by atoms with Crippen LogP contribution in [0.25, 0.3) is 0 Å². The first-order chi connectivity index (χ1) is 11.8. The van der Waals surface area contributed by atoms with Crippen LogP contribution < -0.4 is 5.32 Å². The van der Waals surface area contributed by atoms with Crippen LogP contribution >= 0.6 is 0 Å². The summed E-state index contributed by atoms with van der Waals surface area (Å²) in [6.07, 6.45) is 0.624. The number of anilines is 1. The molecule has 7 nitrogen and oxygen atoms in total. The average molecular weight is 348 g/mol. The molecule has 1 saturated heterocycles. The lowest BCUT2D eigenvalue weighted by molar-refractivity contribution is -0.118. The van der Waals surface area contributed by atoms with E-state index in [4.69, 9.17) is 4.42 Å². The van der Waals surface area contributed by atoms with Gasteiger partial charge in [0.15, 0.2) is 0 Å². The molecule has 1 aromatic rings. The van der Waals surface area contributed by atoms with E-state index in [0.29, 0.717) is 23.9 Å². The minimum atomic E-state index is -0.348. The van der Waals surface area contributed by atoms with Gasteiger partial charge in [0.2, 0.25) is 11.8 Å². The standard InChI is InChI=1S/C18H28N4O3/c1-5-15-10-21(6-7-22(15)9-12(2)23)11-17(24)20-18-16(8-19)13(3)14(4)25-18/h12,15,23H,5-7,9-11H2,1-4H3,(H,20,24)/t12-,15+/m1/s1. The number of β-amino-alcohol motifs (C(OH)–C–C–N with tert-alkyl or cyclic N) is 1. The molecule has 0 spiro atoms. The number of nitrogens with zero attached hydrogens (tertiary/aromatic N) is 3. The van der Waals surface area contributed by atoms with Crippen molar-refractivity contribution in [2.24, 2.45) is 0 Å². The van der Waals surface area contributed by atoms with Gasteiger partial charge in [-0.05, 0) is 27.2 Å². The van der Waals surface area contributed by atoms with Crippen molar-refractivity contribution >= 4 is 11.8 Å². The SMILES string of the molecule is CC[C@H]1CN(CC(=O)Nc2oc(C)c(C)c2C#N)CCN1C[C@@H](C)O. The number of amides is 1. The lowest BCUT2D eigenvalue weighted by Gasteiger charge is -2.41. The smallest absolute Gasteiger partial charge is 0.240 e. The Hall–Kier alpha value is -1.88. The topological polar surface area (TPSA) is 92.7 Å². The number of nitriles is 1. The Morgan fingerprint density at radius 3 is 2.80 bits per heavy atom. The van der Waals surface area contributed by atoms with Crippen LogP contribution in [0.5, 0.6) is 0 Å². The van der Waals surface area contributed by atoms with Crippen molar-refractivity contribution in [3.63, 3.8) is 0 Å². The van der Waals surface area contributed by atoms with Crippen molar-refractivity contribution in [3.8, 4) is 6.07 Å². The summed E-state index contributed by atoms with van der Waals surface area (Å²) < 4.78 is 5.49. The maximum absolute atomic E-state index is 12.3. The van der Waals surface area contributed by atoms with Crippen LogP contribution in [0.1, 0.15) is 37.2 Å². The molecule has 2 N–H and O–H groups in total. The summed E-state index contributed by atoms with van der Waals surface area (Å²) in [6.45, 7) is 10.8. The largest absolute Gasteiger partial charge is 0.444 e. The van der Waals surface area contributed by atoms with Crippen molar-refractivity contribution < 1.29 is 14.3 Å². The third-order valence-electron chi connectivity index (χ3n) is 4.78. The van der Waals surface area contributed by atoms with E-state index in [1.54, 1.807) is 20.8 Å². The average Bonchev–Trinajstić information content (AvgIpc) is 2.81. The molecular weight excluding hydrogens is 320 g/mol. The number of rotatable bonds is 6. The zero-order valence-electron chi connectivity index (χ0n) is 15.5. The second kappa shape index (κ2) is 8.48. The van der Waals surface area contributed by atoms with Gasteiger partial charge in [-0.15, -0.1) is 0 Å². The second-order valence-corrected chi connectivity index (χ2v) is 6.79. The Morgan fingerprint density at radius 2 is 2.20 bits per heavy atom. The molecule has 138 valence electrons. The Balaban J connectivity index is 1.93. The fourth-order valence-electron chi connectivity index (χ4n) is 3.29. The van der Waals surface area contributed by atoms with Crippen molar-refractivity contribution in [2.75, 3.05) is 38.0 Å². The van der Waals surface area contributed by atoms with Gasteiger partial charge in [-0.2, -0.15) is 5.26 Å². The molecule has 1 aliphatic heterocycles. The van der Waals surface area contributed by atoms with E-state index in [-0.39, 0.29) is 24.4 Å². The van der Waals surface area contributed by atoms with E-state index in [1.807, 2.05) is 0 Å². The van der Waals surface area contributed by atoms with E-state index in [0.717, 1.165) is 31.6 Å². The molecule has 1 fully saturated rings. The number of aliphatic hydroxyl groups is 1. The van der Waals surface area contributed by atoms with E-state index in [1.165, 1.54) is 0 Å². The number of furan rings is 1. The number of aryl methyl sites for hydroxylation is 1. The Labute approximate surface area is 149 Å². The van der Waals surface area contributed by atoms with Gasteiger partial charge in [-0.1, -0.05) is 6.92 Å². The summed E-state index contributed by atoms with van der Waals surface area (Å²) in [7, 11) is 0. The molecule has 2 rings (SSSR count). The highest BCUT2D eigenvalue weighted by atomic mass is 16.4. The Bertz CT molecular complexity index is 647. The van der Waals surface area contributed by atoms with E-state index >= 15 is 0 Å². The molecule has 2 atom stereocenters. The van der Waals surface area contributed by atoms with Gasteiger partial charge >= 0.3 is 0 Å². The van der Waals surface area contributed by atoms with Gasteiger partial charge in [-0.25, -0.2) is 0 Å². The normalized spacial score (nSPS) is 20.2.